The van der Waals surface area contributed by atoms with E-state index in [2.05, 4.69) is 21.2 Å². The van der Waals surface area contributed by atoms with E-state index in [4.69, 9.17) is 5.73 Å². The normalized spacial score (nSPS) is 30.7. The standard InChI is InChI=1S/C19H26BrFN2O/c1-11(7-12-5-6-17(21)16(20)8-12)23-19(24)15-9-13-3-2-4-14(10-15)18(13)22/h5-6,8,11,13-15,18H,2-4,7,9-10,22H2,1H3,(H,23,24). The maximum atomic E-state index is 13.3. The Bertz CT molecular complexity index is 595. The summed E-state index contributed by atoms with van der Waals surface area (Å²) in [4.78, 5) is 12.6. The van der Waals surface area contributed by atoms with E-state index < -0.39 is 0 Å². The number of fused-ring (bicyclic) bond motifs is 2. The molecule has 5 heteroatoms. The summed E-state index contributed by atoms with van der Waals surface area (Å²) in [5, 5.41) is 3.15. The zero-order chi connectivity index (χ0) is 17.3. The van der Waals surface area contributed by atoms with Crippen LogP contribution in [0.2, 0.25) is 0 Å². The predicted molar refractivity (Wildman–Crippen MR) is 96.9 cm³/mol. The molecule has 0 aliphatic heterocycles. The van der Waals surface area contributed by atoms with Gasteiger partial charge in [0.1, 0.15) is 5.82 Å². The number of carbonyl (C=O) groups is 1. The molecule has 2 fully saturated rings. The number of amides is 1. The van der Waals surface area contributed by atoms with Gasteiger partial charge in [-0.2, -0.15) is 0 Å². The first kappa shape index (κ1) is 17.9. The predicted octanol–water partition coefficient (Wildman–Crippen LogP) is 3.79. The van der Waals surface area contributed by atoms with Crippen LogP contribution < -0.4 is 11.1 Å². The number of carbonyl (C=O) groups excluding carboxylic acids is 1. The Balaban J connectivity index is 1.55. The second-order valence-electron chi connectivity index (χ2n) is 7.56. The van der Waals surface area contributed by atoms with Crippen molar-refractivity contribution >= 4 is 21.8 Å². The summed E-state index contributed by atoms with van der Waals surface area (Å²) >= 11 is 3.21. The minimum Gasteiger partial charge on any atom is -0.353 e. The molecule has 2 aliphatic rings. The molecule has 3 rings (SSSR count). The minimum atomic E-state index is -0.263. The van der Waals surface area contributed by atoms with Crippen LogP contribution >= 0.6 is 15.9 Å². The summed E-state index contributed by atoms with van der Waals surface area (Å²) < 4.78 is 13.8. The van der Waals surface area contributed by atoms with Crippen molar-refractivity contribution in [2.45, 2.75) is 57.5 Å². The van der Waals surface area contributed by atoms with E-state index in [0.29, 0.717) is 22.7 Å². The Morgan fingerprint density at radius 3 is 2.67 bits per heavy atom. The topological polar surface area (TPSA) is 55.1 Å². The quantitative estimate of drug-likeness (QED) is 0.812. The molecule has 3 N–H and O–H groups in total. The van der Waals surface area contributed by atoms with Gasteiger partial charge < -0.3 is 11.1 Å². The van der Waals surface area contributed by atoms with Crippen LogP contribution in [0.15, 0.2) is 22.7 Å². The summed E-state index contributed by atoms with van der Waals surface area (Å²) in [5.74, 6) is 1.02. The van der Waals surface area contributed by atoms with E-state index >= 15 is 0 Å². The van der Waals surface area contributed by atoms with Crippen LogP contribution in [0, 0.1) is 23.6 Å². The zero-order valence-electron chi connectivity index (χ0n) is 14.1. The molecule has 2 aliphatic carbocycles. The monoisotopic (exact) mass is 396 g/mol. The summed E-state index contributed by atoms with van der Waals surface area (Å²) in [6.07, 6.45) is 6.15. The SMILES string of the molecule is CC(Cc1ccc(F)c(Br)c1)NC(=O)C1CC2CCCC(C1)C2N. The Morgan fingerprint density at radius 1 is 1.38 bits per heavy atom. The first-order valence-electron chi connectivity index (χ1n) is 8.94. The Morgan fingerprint density at radius 2 is 2.04 bits per heavy atom. The molecule has 0 aromatic heterocycles. The molecule has 2 bridgehead atoms. The lowest BCUT2D eigenvalue weighted by atomic mass is 9.65. The van der Waals surface area contributed by atoms with Crippen LogP contribution in [0.3, 0.4) is 0 Å². The highest BCUT2D eigenvalue weighted by Gasteiger charge is 2.40. The van der Waals surface area contributed by atoms with E-state index in [1.54, 1.807) is 12.1 Å². The lowest BCUT2D eigenvalue weighted by Crippen LogP contribution is -2.50. The molecular formula is C19H26BrFN2O. The Labute approximate surface area is 151 Å². The van der Waals surface area contributed by atoms with Gasteiger partial charge in [0.25, 0.3) is 0 Å². The van der Waals surface area contributed by atoms with Crippen molar-refractivity contribution in [1.82, 2.24) is 5.32 Å². The number of nitrogens with one attached hydrogen (secondary N) is 1. The van der Waals surface area contributed by atoms with E-state index in [0.717, 1.165) is 18.4 Å². The molecule has 1 aromatic rings. The van der Waals surface area contributed by atoms with Gasteiger partial charge >= 0.3 is 0 Å². The van der Waals surface area contributed by atoms with Crippen molar-refractivity contribution in [3.05, 3.63) is 34.1 Å². The van der Waals surface area contributed by atoms with Crippen molar-refractivity contribution in [2.24, 2.45) is 23.5 Å². The van der Waals surface area contributed by atoms with Gasteiger partial charge in [-0.25, -0.2) is 4.39 Å². The van der Waals surface area contributed by atoms with Gasteiger partial charge in [-0.05, 0) is 84.5 Å². The summed E-state index contributed by atoms with van der Waals surface area (Å²) in [7, 11) is 0. The Kier molecular flexibility index (Phi) is 5.60. The fraction of sp³-hybridized carbons (Fsp3) is 0.632. The summed E-state index contributed by atoms with van der Waals surface area (Å²) in [6, 6.07) is 5.33. The van der Waals surface area contributed by atoms with Crippen molar-refractivity contribution in [3.8, 4) is 0 Å². The van der Waals surface area contributed by atoms with Crippen molar-refractivity contribution in [2.75, 3.05) is 0 Å². The van der Waals surface area contributed by atoms with Crippen LogP contribution in [0.5, 0.6) is 0 Å². The van der Waals surface area contributed by atoms with Crippen LogP contribution in [-0.2, 0) is 11.2 Å². The Hall–Kier alpha value is -0.940. The van der Waals surface area contributed by atoms with E-state index in [1.165, 1.54) is 25.3 Å². The van der Waals surface area contributed by atoms with Crippen LogP contribution in [0.1, 0.15) is 44.6 Å². The summed E-state index contributed by atoms with van der Waals surface area (Å²) in [5.41, 5.74) is 7.32. The van der Waals surface area contributed by atoms with Gasteiger partial charge in [0.15, 0.2) is 0 Å². The molecule has 0 spiro atoms. The second-order valence-corrected chi connectivity index (χ2v) is 8.41. The number of hydrogen-bond donors (Lipinski definition) is 2. The molecule has 2 saturated carbocycles. The molecule has 0 radical (unpaired) electrons. The molecule has 0 heterocycles. The minimum absolute atomic E-state index is 0.0327. The second kappa shape index (κ2) is 7.52. The van der Waals surface area contributed by atoms with E-state index in [1.807, 2.05) is 6.92 Å². The van der Waals surface area contributed by atoms with Gasteiger partial charge in [0, 0.05) is 18.0 Å². The van der Waals surface area contributed by atoms with Crippen LogP contribution in [0.4, 0.5) is 4.39 Å². The van der Waals surface area contributed by atoms with Gasteiger partial charge in [-0.3, -0.25) is 4.79 Å². The maximum Gasteiger partial charge on any atom is 0.223 e. The number of benzene rings is 1. The lowest BCUT2D eigenvalue weighted by molar-refractivity contribution is -0.128. The molecule has 132 valence electrons. The fourth-order valence-corrected chi connectivity index (χ4v) is 4.86. The van der Waals surface area contributed by atoms with Gasteiger partial charge in [0.2, 0.25) is 5.91 Å². The third kappa shape index (κ3) is 3.99. The third-order valence-corrected chi connectivity index (χ3v) is 6.31. The first-order valence-corrected chi connectivity index (χ1v) is 9.73. The average Bonchev–Trinajstić information content (AvgIpc) is 2.50. The first-order chi connectivity index (χ1) is 11.4. The van der Waals surface area contributed by atoms with Crippen molar-refractivity contribution in [1.29, 1.82) is 0 Å². The molecule has 3 unspecified atom stereocenters. The number of nitrogens with two attached hydrogens (primary N) is 1. The molecule has 24 heavy (non-hydrogen) atoms. The zero-order valence-corrected chi connectivity index (χ0v) is 15.7. The summed E-state index contributed by atoms with van der Waals surface area (Å²) in [6.45, 7) is 2.00. The maximum absolute atomic E-state index is 13.3. The number of hydrogen-bond acceptors (Lipinski definition) is 2. The molecule has 1 amide bonds. The molecular weight excluding hydrogens is 371 g/mol. The van der Waals surface area contributed by atoms with Gasteiger partial charge in [-0.1, -0.05) is 12.5 Å². The highest BCUT2D eigenvalue weighted by Crippen LogP contribution is 2.41. The van der Waals surface area contributed by atoms with Crippen molar-refractivity contribution < 1.29 is 9.18 Å². The highest BCUT2D eigenvalue weighted by atomic mass is 79.9. The average molecular weight is 397 g/mol. The van der Waals surface area contributed by atoms with E-state index in [-0.39, 0.29) is 29.7 Å². The van der Waals surface area contributed by atoms with Gasteiger partial charge in [0.05, 0.1) is 4.47 Å². The highest BCUT2D eigenvalue weighted by molar-refractivity contribution is 9.10. The molecule has 0 saturated heterocycles. The largest absolute Gasteiger partial charge is 0.353 e. The smallest absolute Gasteiger partial charge is 0.223 e. The van der Waals surface area contributed by atoms with E-state index in [9.17, 15) is 9.18 Å². The lowest BCUT2D eigenvalue weighted by Gasteiger charge is -2.43. The van der Waals surface area contributed by atoms with Crippen LogP contribution in [0.25, 0.3) is 0 Å². The number of rotatable bonds is 4. The van der Waals surface area contributed by atoms with Gasteiger partial charge in [-0.15, -0.1) is 0 Å². The third-order valence-electron chi connectivity index (χ3n) is 5.70. The van der Waals surface area contributed by atoms with Crippen LogP contribution in [-0.4, -0.2) is 18.0 Å². The fourth-order valence-electron chi connectivity index (χ4n) is 4.44. The number of halogens is 2. The molecule has 3 atom stereocenters. The molecule has 1 aromatic carbocycles. The molecule has 3 nitrogen and oxygen atoms in total. The van der Waals surface area contributed by atoms with Crippen molar-refractivity contribution in [3.63, 3.8) is 0 Å².